The number of ether oxygens (including phenoxy) is 4. The van der Waals surface area contributed by atoms with Crippen LogP contribution in [0.2, 0.25) is 5.28 Å². The van der Waals surface area contributed by atoms with E-state index in [-0.39, 0.29) is 29.5 Å². The lowest BCUT2D eigenvalue weighted by Gasteiger charge is -2.25. The first-order valence-electron chi connectivity index (χ1n) is 12.8. The second-order valence-electron chi connectivity index (χ2n) is 10.3. The van der Waals surface area contributed by atoms with Gasteiger partial charge in [-0.15, -0.1) is 0 Å². The molecule has 2 aromatic carbocycles. The Morgan fingerprint density at radius 2 is 1.76 bits per heavy atom. The highest BCUT2D eigenvalue weighted by Gasteiger charge is 2.55. The number of methoxy groups -OCH3 is 2. The summed E-state index contributed by atoms with van der Waals surface area (Å²) in [5, 5.41) is 4.53. The monoisotopic (exact) mass is 534 g/mol. The van der Waals surface area contributed by atoms with Gasteiger partial charge < -0.3 is 28.8 Å². The molecule has 2 fully saturated rings. The molecule has 4 aromatic rings. The summed E-state index contributed by atoms with van der Waals surface area (Å²) in [7, 11) is 3.35. The number of rotatable bonds is 7. The van der Waals surface area contributed by atoms with Crippen molar-refractivity contribution in [3.63, 3.8) is 0 Å². The Morgan fingerprint density at radius 1 is 1.00 bits per heavy atom. The molecule has 0 unspecified atom stereocenters. The number of fused-ring (bicyclic) bond motifs is 2. The first-order valence-corrected chi connectivity index (χ1v) is 13.1. The van der Waals surface area contributed by atoms with E-state index in [0.29, 0.717) is 12.4 Å². The molecule has 1 aliphatic heterocycles. The largest absolute Gasteiger partial charge is 0.497 e. The normalized spacial score (nSPS) is 23.9. The maximum atomic E-state index is 6.47. The lowest BCUT2D eigenvalue weighted by Crippen LogP contribution is -2.27. The molecule has 0 spiro atoms. The summed E-state index contributed by atoms with van der Waals surface area (Å²) in [6, 6.07) is 18.2. The van der Waals surface area contributed by atoms with Gasteiger partial charge in [0.05, 0.1) is 31.8 Å². The summed E-state index contributed by atoms with van der Waals surface area (Å²) >= 11 is 6.43. The van der Waals surface area contributed by atoms with Gasteiger partial charge in [-0.3, -0.25) is 0 Å². The number of nitrogens with one attached hydrogen (secondary N) is 1. The summed E-state index contributed by atoms with van der Waals surface area (Å²) in [6.45, 7) is 4.53. The van der Waals surface area contributed by atoms with Crippen molar-refractivity contribution < 1.29 is 18.9 Å². The summed E-state index contributed by atoms with van der Waals surface area (Å²) in [6.07, 6.45) is 2.66. The van der Waals surface area contributed by atoms with Gasteiger partial charge in [-0.05, 0) is 73.3 Å². The smallest absolute Gasteiger partial charge is 0.226 e. The maximum Gasteiger partial charge on any atom is 0.226 e. The minimum absolute atomic E-state index is 0.0101. The minimum Gasteiger partial charge on any atom is -0.497 e. The van der Waals surface area contributed by atoms with Crippen LogP contribution in [0.25, 0.3) is 11.0 Å². The Morgan fingerprint density at radius 3 is 2.53 bits per heavy atom. The van der Waals surface area contributed by atoms with Crippen molar-refractivity contribution in [3.05, 3.63) is 77.2 Å². The molecule has 6 rings (SSSR count). The van der Waals surface area contributed by atoms with Gasteiger partial charge in [-0.25, -0.2) is 4.98 Å². The molecule has 0 amide bonds. The zero-order chi connectivity index (χ0) is 26.4. The van der Waals surface area contributed by atoms with Crippen LogP contribution in [0.5, 0.6) is 11.5 Å². The van der Waals surface area contributed by atoms with E-state index in [2.05, 4.69) is 38.2 Å². The molecule has 4 atom stereocenters. The Balaban J connectivity index is 1.33. The van der Waals surface area contributed by atoms with Crippen LogP contribution < -0.4 is 14.8 Å². The van der Waals surface area contributed by atoms with Crippen molar-refractivity contribution in [1.82, 2.24) is 14.5 Å². The van der Waals surface area contributed by atoms with Crippen molar-refractivity contribution in [2.75, 3.05) is 19.5 Å². The molecule has 3 heterocycles. The number of hydrogen-bond acceptors (Lipinski definition) is 7. The molecule has 2 aromatic heterocycles. The maximum absolute atomic E-state index is 6.47. The van der Waals surface area contributed by atoms with Crippen molar-refractivity contribution in [2.24, 2.45) is 0 Å². The van der Waals surface area contributed by atoms with Gasteiger partial charge in [0.1, 0.15) is 29.1 Å². The van der Waals surface area contributed by atoms with Crippen LogP contribution in [0.3, 0.4) is 0 Å². The zero-order valence-electron chi connectivity index (χ0n) is 21.8. The first kappa shape index (κ1) is 25.0. The predicted octanol–water partition coefficient (Wildman–Crippen LogP) is 5.96. The summed E-state index contributed by atoms with van der Waals surface area (Å²) < 4.78 is 25.8. The highest BCUT2D eigenvalue weighted by molar-refractivity contribution is 6.28. The minimum atomic E-state index is -0.675. The number of halogens is 1. The molecule has 198 valence electrons. The molecular formula is C29H31ClN4O4. The molecule has 9 heteroatoms. The molecule has 1 aliphatic carbocycles. The molecule has 1 saturated carbocycles. The summed E-state index contributed by atoms with van der Waals surface area (Å²) in [5.41, 5.74) is 3.05. The number of anilines is 1. The van der Waals surface area contributed by atoms with Gasteiger partial charge in [-0.2, -0.15) is 4.98 Å². The zero-order valence-corrected chi connectivity index (χ0v) is 22.6. The van der Waals surface area contributed by atoms with E-state index in [4.69, 9.17) is 30.5 Å². The van der Waals surface area contributed by atoms with Crippen LogP contribution in [0.1, 0.15) is 43.4 Å². The SMILES string of the molecule is COc1ccc(CNc2nc(Cl)nc3c2ccn3[C@@H]2C[C@H](c3cccc(OC)c3)[C@H]3OC(C)(C)O[C@H]32)cc1. The fraction of sp³-hybridized carbons (Fsp3) is 0.379. The second-order valence-corrected chi connectivity index (χ2v) is 10.6. The third-order valence-electron chi connectivity index (χ3n) is 7.48. The van der Waals surface area contributed by atoms with Crippen molar-refractivity contribution in [2.45, 2.75) is 56.8 Å². The Hall–Kier alpha value is -3.33. The first-order chi connectivity index (χ1) is 18.3. The number of nitrogens with zero attached hydrogens (tertiary/aromatic N) is 3. The topological polar surface area (TPSA) is 79.7 Å². The van der Waals surface area contributed by atoms with Gasteiger partial charge in [0.15, 0.2) is 5.79 Å². The second kappa shape index (κ2) is 9.76. The van der Waals surface area contributed by atoms with Crippen LogP contribution in [0, 0.1) is 0 Å². The third kappa shape index (κ3) is 4.57. The lowest BCUT2D eigenvalue weighted by molar-refractivity contribution is -0.157. The van der Waals surface area contributed by atoms with Gasteiger partial charge in [0.25, 0.3) is 0 Å². The molecular weight excluding hydrogens is 504 g/mol. The van der Waals surface area contributed by atoms with Gasteiger partial charge in [0, 0.05) is 18.7 Å². The van der Waals surface area contributed by atoms with Crippen molar-refractivity contribution in [1.29, 1.82) is 0 Å². The number of hydrogen-bond donors (Lipinski definition) is 1. The fourth-order valence-corrected chi connectivity index (χ4v) is 5.93. The van der Waals surface area contributed by atoms with Crippen LogP contribution in [-0.2, 0) is 16.0 Å². The van der Waals surface area contributed by atoms with E-state index < -0.39 is 5.79 Å². The van der Waals surface area contributed by atoms with Crippen LogP contribution in [-0.4, -0.2) is 46.7 Å². The highest BCUT2D eigenvalue weighted by Crippen LogP contribution is 2.51. The van der Waals surface area contributed by atoms with Gasteiger partial charge >= 0.3 is 0 Å². The molecule has 8 nitrogen and oxygen atoms in total. The fourth-order valence-electron chi connectivity index (χ4n) is 5.76. The van der Waals surface area contributed by atoms with Crippen LogP contribution in [0.4, 0.5) is 5.82 Å². The Labute approximate surface area is 226 Å². The van der Waals surface area contributed by atoms with Crippen molar-refractivity contribution in [3.8, 4) is 11.5 Å². The number of aromatic nitrogens is 3. The van der Waals surface area contributed by atoms with E-state index in [1.165, 1.54) is 5.56 Å². The summed E-state index contributed by atoms with van der Waals surface area (Å²) in [5.74, 6) is 1.81. The van der Waals surface area contributed by atoms with E-state index in [0.717, 1.165) is 34.5 Å². The number of benzene rings is 2. The van der Waals surface area contributed by atoms with E-state index in [1.807, 2.05) is 56.3 Å². The Kier molecular flexibility index (Phi) is 6.42. The van der Waals surface area contributed by atoms with E-state index in [9.17, 15) is 0 Å². The van der Waals surface area contributed by atoms with E-state index >= 15 is 0 Å². The standard InChI is InChI=1S/C29H31ClN4O4/c1-29(2)37-24-22(18-6-5-7-20(14-18)36-4)15-23(25(24)38-29)34-13-12-21-26(32-28(30)33-27(21)34)31-16-17-8-10-19(35-3)11-9-17/h5-14,22-25H,15-16H2,1-4H3,(H,31,32,33)/t22-,23-,24-,25+/m1/s1. The Bertz CT molecular complexity index is 1450. The quantitative estimate of drug-likeness (QED) is 0.293. The van der Waals surface area contributed by atoms with Crippen LogP contribution in [0.15, 0.2) is 60.8 Å². The molecule has 1 saturated heterocycles. The summed E-state index contributed by atoms with van der Waals surface area (Å²) in [4.78, 5) is 9.14. The predicted molar refractivity (Wildman–Crippen MR) is 146 cm³/mol. The highest BCUT2D eigenvalue weighted by atomic mass is 35.5. The molecule has 38 heavy (non-hydrogen) atoms. The molecule has 0 bridgehead atoms. The molecule has 0 radical (unpaired) electrons. The van der Waals surface area contributed by atoms with E-state index in [1.54, 1.807) is 14.2 Å². The third-order valence-corrected chi connectivity index (χ3v) is 7.65. The van der Waals surface area contributed by atoms with Crippen molar-refractivity contribution >= 4 is 28.5 Å². The lowest BCUT2D eigenvalue weighted by atomic mass is 9.95. The molecule has 1 N–H and O–H groups in total. The van der Waals surface area contributed by atoms with Gasteiger partial charge in [0.2, 0.25) is 5.28 Å². The van der Waals surface area contributed by atoms with Crippen LogP contribution >= 0.6 is 11.6 Å². The average Bonchev–Trinajstić information content (AvgIpc) is 3.58. The molecule has 2 aliphatic rings. The van der Waals surface area contributed by atoms with Gasteiger partial charge in [-0.1, -0.05) is 24.3 Å². The average molecular weight is 535 g/mol.